The summed E-state index contributed by atoms with van der Waals surface area (Å²) in [7, 11) is -4.28. The first-order chi connectivity index (χ1) is 13.1. The maximum atomic E-state index is 13.8. The van der Waals surface area contributed by atoms with Gasteiger partial charge in [-0.25, -0.2) is 12.8 Å². The van der Waals surface area contributed by atoms with Crippen molar-refractivity contribution >= 4 is 21.9 Å². The quantitative estimate of drug-likeness (QED) is 0.663. The van der Waals surface area contributed by atoms with Gasteiger partial charge in [-0.3, -0.25) is 9.59 Å². The molecule has 0 aliphatic carbocycles. The standard InChI is InChI=1S/C18H25FN2O6S/c1-12(2)17(20-28(24,25)15-7-5-4-6-14(15)19)18(23)27-11-16(22)21-8-9-26-13(3)10-21/h4-7,12-13,17,20H,8-11H2,1-3H3/t13?,17-/m0/s1. The van der Waals surface area contributed by atoms with Crippen molar-refractivity contribution in [3.05, 3.63) is 30.1 Å². The minimum Gasteiger partial charge on any atom is -0.454 e. The fourth-order valence-electron chi connectivity index (χ4n) is 2.71. The van der Waals surface area contributed by atoms with Gasteiger partial charge in [0.1, 0.15) is 16.8 Å². The molecule has 1 aliphatic heterocycles. The highest BCUT2D eigenvalue weighted by Crippen LogP contribution is 2.16. The summed E-state index contributed by atoms with van der Waals surface area (Å²) in [5.74, 6) is -2.69. The van der Waals surface area contributed by atoms with E-state index in [-0.39, 0.29) is 12.0 Å². The molecule has 2 atom stereocenters. The lowest BCUT2D eigenvalue weighted by Gasteiger charge is -2.31. The third-order valence-electron chi connectivity index (χ3n) is 4.26. The van der Waals surface area contributed by atoms with Crippen molar-refractivity contribution in [3.8, 4) is 0 Å². The van der Waals surface area contributed by atoms with Gasteiger partial charge in [0.15, 0.2) is 6.61 Å². The number of morpholine rings is 1. The van der Waals surface area contributed by atoms with Crippen molar-refractivity contribution in [2.24, 2.45) is 5.92 Å². The third kappa shape index (κ3) is 5.73. The van der Waals surface area contributed by atoms with Crippen LogP contribution in [0.4, 0.5) is 4.39 Å². The van der Waals surface area contributed by atoms with E-state index < -0.39 is 45.3 Å². The predicted octanol–water partition coefficient (Wildman–Crippen LogP) is 0.919. The molecule has 0 bridgehead atoms. The number of amides is 1. The first-order valence-electron chi connectivity index (χ1n) is 8.94. The average Bonchev–Trinajstić information content (AvgIpc) is 2.64. The van der Waals surface area contributed by atoms with Gasteiger partial charge in [0.05, 0.1) is 12.7 Å². The number of hydrogen-bond donors (Lipinski definition) is 1. The van der Waals surface area contributed by atoms with Crippen molar-refractivity contribution in [2.75, 3.05) is 26.3 Å². The number of nitrogens with one attached hydrogen (secondary N) is 1. The van der Waals surface area contributed by atoms with Crippen LogP contribution in [0, 0.1) is 11.7 Å². The molecule has 1 aromatic carbocycles. The Morgan fingerprint density at radius 2 is 2.04 bits per heavy atom. The predicted molar refractivity (Wildman–Crippen MR) is 98.3 cm³/mol. The van der Waals surface area contributed by atoms with E-state index in [1.165, 1.54) is 17.0 Å². The second kappa shape index (κ2) is 9.44. The Hall–Kier alpha value is -2.04. The summed E-state index contributed by atoms with van der Waals surface area (Å²) in [4.78, 5) is 25.5. The van der Waals surface area contributed by atoms with Gasteiger partial charge in [0.2, 0.25) is 10.0 Å². The Morgan fingerprint density at radius 3 is 2.64 bits per heavy atom. The molecule has 0 aromatic heterocycles. The first-order valence-corrected chi connectivity index (χ1v) is 10.4. The van der Waals surface area contributed by atoms with E-state index in [0.717, 1.165) is 12.1 Å². The summed E-state index contributed by atoms with van der Waals surface area (Å²) in [6.07, 6.45) is -0.107. The molecule has 0 saturated carbocycles. The minimum absolute atomic E-state index is 0.107. The monoisotopic (exact) mass is 416 g/mol. The summed E-state index contributed by atoms with van der Waals surface area (Å²) in [6, 6.07) is 3.59. The van der Waals surface area contributed by atoms with Gasteiger partial charge < -0.3 is 14.4 Å². The Kier molecular flexibility index (Phi) is 7.50. The van der Waals surface area contributed by atoms with Gasteiger partial charge >= 0.3 is 5.97 Å². The third-order valence-corrected chi connectivity index (χ3v) is 5.73. The second-order valence-electron chi connectivity index (χ2n) is 6.90. The van der Waals surface area contributed by atoms with Crippen LogP contribution in [0.5, 0.6) is 0 Å². The van der Waals surface area contributed by atoms with Gasteiger partial charge in [-0.1, -0.05) is 26.0 Å². The highest BCUT2D eigenvalue weighted by molar-refractivity contribution is 7.89. The Balaban J connectivity index is 2.02. The van der Waals surface area contributed by atoms with E-state index in [2.05, 4.69) is 4.72 Å². The second-order valence-corrected chi connectivity index (χ2v) is 8.58. The van der Waals surface area contributed by atoms with E-state index >= 15 is 0 Å². The summed E-state index contributed by atoms with van der Waals surface area (Å²) < 4.78 is 51.3. The number of carbonyl (C=O) groups is 2. The Labute approximate surface area is 164 Å². The van der Waals surface area contributed by atoms with Crippen molar-refractivity contribution in [1.29, 1.82) is 0 Å². The normalized spacial score (nSPS) is 18.8. The molecule has 8 nitrogen and oxygen atoms in total. The molecule has 1 heterocycles. The first kappa shape index (κ1) is 22.3. The van der Waals surface area contributed by atoms with E-state index in [1.54, 1.807) is 13.8 Å². The van der Waals surface area contributed by atoms with Gasteiger partial charge in [0.25, 0.3) is 5.91 Å². The molecule has 156 valence electrons. The zero-order valence-electron chi connectivity index (χ0n) is 16.1. The van der Waals surface area contributed by atoms with Gasteiger partial charge in [0, 0.05) is 13.1 Å². The van der Waals surface area contributed by atoms with Crippen LogP contribution in [-0.4, -0.2) is 63.6 Å². The van der Waals surface area contributed by atoms with Crippen molar-refractivity contribution in [1.82, 2.24) is 9.62 Å². The molecule has 1 aromatic rings. The smallest absolute Gasteiger partial charge is 0.324 e. The van der Waals surface area contributed by atoms with Gasteiger partial charge in [-0.15, -0.1) is 0 Å². The van der Waals surface area contributed by atoms with Crippen LogP contribution < -0.4 is 4.72 Å². The van der Waals surface area contributed by atoms with E-state index in [4.69, 9.17) is 9.47 Å². The Morgan fingerprint density at radius 1 is 1.36 bits per heavy atom. The fraction of sp³-hybridized carbons (Fsp3) is 0.556. The lowest BCUT2D eigenvalue weighted by atomic mass is 10.1. The molecular formula is C18H25FN2O6S. The SMILES string of the molecule is CC1CN(C(=O)COC(=O)[C@@H](NS(=O)(=O)c2ccccc2F)C(C)C)CCO1. The summed E-state index contributed by atoms with van der Waals surface area (Å²) in [5, 5.41) is 0. The van der Waals surface area contributed by atoms with E-state index in [9.17, 15) is 22.4 Å². The highest BCUT2D eigenvalue weighted by atomic mass is 32.2. The topological polar surface area (TPSA) is 102 Å². The maximum Gasteiger partial charge on any atom is 0.324 e. The molecular weight excluding hydrogens is 391 g/mol. The molecule has 1 aliphatic rings. The molecule has 10 heteroatoms. The largest absolute Gasteiger partial charge is 0.454 e. The van der Waals surface area contributed by atoms with Crippen LogP contribution in [0.3, 0.4) is 0 Å². The summed E-state index contributed by atoms with van der Waals surface area (Å²) in [6.45, 7) is 5.74. The fourth-order valence-corrected chi connectivity index (χ4v) is 4.12. The van der Waals surface area contributed by atoms with E-state index in [1.807, 2.05) is 6.92 Å². The molecule has 1 fully saturated rings. The number of nitrogens with zero attached hydrogens (tertiary/aromatic N) is 1. The number of ether oxygens (including phenoxy) is 2. The zero-order chi connectivity index (χ0) is 20.9. The number of carbonyl (C=O) groups excluding carboxylic acids is 2. The van der Waals surface area contributed by atoms with Crippen LogP contribution in [-0.2, 0) is 29.1 Å². The van der Waals surface area contributed by atoms with Gasteiger partial charge in [-0.2, -0.15) is 4.72 Å². The van der Waals surface area contributed by atoms with Crippen LogP contribution in [0.1, 0.15) is 20.8 Å². The number of esters is 1. The lowest BCUT2D eigenvalue weighted by molar-refractivity contribution is -0.156. The number of hydrogen-bond acceptors (Lipinski definition) is 6. The average molecular weight is 416 g/mol. The van der Waals surface area contributed by atoms with Crippen LogP contribution in [0.2, 0.25) is 0 Å². The van der Waals surface area contributed by atoms with Crippen molar-refractivity contribution in [2.45, 2.75) is 37.8 Å². The van der Waals surface area contributed by atoms with Crippen molar-refractivity contribution < 1.29 is 31.9 Å². The minimum atomic E-state index is -4.28. The van der Waals surface area contributed by atoms with Gasteiger partial charge in [-0.05, 0) is 25.0 Å². The molecule has 28 heavy (non-hydrogen) atoms. The lowest BCUT2D eigenvalue weighted by Crippen LogP contribution is -2.48. The number of halogens is 1. The van der Waals surface area contributed by atoms with E-state index in [0.29, 0.717) is 19.7 Å². The zero-order valence-corrected chi connectivity index (χ0v) is 16.9. The molecule has 1 N–H and O–H groups in total. The highest BCUT2D eigenvalue weighted by Gasteiger charge is 2.32. The number of rotatable bonds is 7. The summed E-state index contributed by atoms with van der Waals surface area (Å²) in [5.41, 5.74) is 0. The maximum absolute atomic E-state index is 13.8. The molecule has 1 saturated heterocycles. The van der Waals surface area contributed by atoms with Crippen LogP contribution in [0.15, 0.2) is 29.2 Å². The number of sulfonamides is 1. The Bertz CT molecular complexity index is 814. The molecule has 1 amide bonds. The summed E-state index contributed by atoms with van der Waals surface area (Å²) >= 11 is 0. The van der Waals surface area contributed by atoms with Crippen LogP contribution in [0.25, 0.3) is 0 Å². The van der Waals surface area contributed by atoms with Crippen LogP contribution >= 0.6 is 0 Å². The molecule has 0 spiro atoms. The molecule has 0 radical (unpaired) electrons. The van der Waals surface area contributed by atoms with Crippen molar-refractivity contribution in [3.63, 3.8) is 0 Å². The molecule has 2 rings (SSSR count). The number of benzene rings is 1. The molecule has 1 unspecified atom stereocenters.